The van der Waals surface area contributed by atoms with E-state index in [2.05, 4.69) is 26.7 Å². The summed E-state index contributed by atoms with van der Waals surface area (Å²) in [6.45, 7) is 1.40. The van der Waals surface area contributed by atoms with E-state index in [1.807, 2.05) is 0 Å². The number of nitrogens with one attached hydrogen (secondary N) is 2. The van der Waals surface area contributed by atoms with Crippen molar-refractivity contribution in [3.8, 4) is 6.07 Å². The molecule has 0 atom stereocenters. The Hall–Kier alpha value is -4.76. The number of amides is 3. The van der Waals surface area contributed by atoms with Crippen molar-refractivity contribution < 1.29 is 23.9 Å². The van der Waals surface area contributed by atoms with E-state index in [-0.39, 0.29) is 18.1 Å². The Morgan fingerprint density at radius 1 is 1.35 bits per heavy atom. The fraction of sp³-hybridized carbons (Fsp3) is 0.280. The lowest BCUT2D eigenvalue weighted by atomic mass is 10.0. The summed E-state index contributed by atoms with van der Waals surface area (Å²) in [6, 6.07) is 4.96. The largest absolute Gasteiger partial charge is 0.418 e. The van der Waals surface area contributed by atoms with Crippen LogP contribution in [0.3, 0.4) is 0 Å². The number of carbonyl (C=O) groups is 3. The quantitative estimate of drug-likeness (QED) is 0.409. The number of rotatable bonds is 8. The molecule has 12 nitrogen and oxygen atoms in total. The van der Waals surface area contributed by atoms with E-state index in [4.69, 9.17) is 9.47 Å². The van der Waals surface area contributed by atoms with Crippen molar-refractivity contribution in [1.29, 1.82) is 5.26 Å². The van der Waals surface area contributed by atoms with Gasteiger partial charge >= 0.3 is 12.1 Å². The van der Waals surface area contributed by atoms with E-state index in [0.717, 1.165) is 5.56 Å². The average Bonchev–Trinajstić information content (AvgIpc) is 3.11. The summed E-state index contributed by atoms with van der Waals surface area (Å²) in [7, 11) is 1.58. The summed E-state index contributed by atoms with van der Waals surface area (Å²) < 4.78 is 9.99. The van der Waals surface area contributed by atoms with E-state index in [0.29, 0.717) is 61.5 Å². The van der Waals surface area contributed by atoms with E-state index < -0.39 is 12.1 Å². The molecule has 0 aliphatic carbocycles. The van der Waals surface area contributed by atoms with Crippen molar-refractivity contribution in [3.05, 3.63) is 65.3 Å². The van der Waals surface area contributed by atoms with Crippen LogP contribution in [0.4, 0.5) is 26.9 Å². The standard InChI is InChI=1S/C25H25N7O5/c1-36-10-6-27-20-12-22(28-14-19(20)13-26)30-24(34)32-8-4-5-17-11-18(21(16-33)29-23(17)32)15-31-7-2-3-9-37-25(31)35/h2-3,7,9,11-12,14,16H,4-6,8,10,15H2,1H3,(H2,27,28,30,34). The Balaban J connectivity index is 1.55. The lowest BCUT2D eigenvalue weighted by molar-refractivity contribution is 0.111. The molecular formula is C25H25N7O5. The minimum atomic E-state index is -0.577. The number of ether oxygens (including phenoxy) is 2. The van der Waals surface area contributed by atoms with Crippen LogP contribution in [0.2, 0.25) is 0 Å². The number of carbonyl (C=O) groups excluding carboxylic acids is 3. The highest BCUT2D eigenvalue weighted by Gasteiger charge is 2.27. The van der Waals surface area contributed by atoms with Crippen LogP contribution in [0.1, 0.15) is 33.6 Å². The minimum absolute atomic E-state index is 0.0889. The number of cyclic esters (lactones) is 1. The fourth-order valence-electron chi connectivity index (χ4n) is 3.93. The number of aromatic nitrogens is 2. The topological polar surface area (TPSA) is 150 Å². The number of nitrogens with zero attached hydrogens (tertiary/aromatic N) is 5. The highest BCUT2D eigenvalue weighted by atomic mass is 16.5. The van der Waals surface area contributed by atoms with E-state index in [1.54, 1.807) is 37.6 Å². The van der Waals surface area contributed by atoms with Crippen LogP contribution in [0.15, 0.2) is 42.9 Å². The van der Waals surface area contributed by atoms with Gasteiger partial charge in [-0.2, -0.15) is 5.26 Å². The van der Waals surface area contributed by atoms with Crippen LogP contribution in [-0.4, -0.2) is 60.1 Å². The zero-order valence-corrected chi connectivity index (χ0v) is 20.1. The van der Waals surface area contributed by atoms with Crippen molar-refractivity contribution in [3.63, 3.8) is 0 Å². The molecule has 2 aliphatic heterocycles. The third-order valence-electron chi connectivity index (χ3n) is 5.71. The van der Waals surface area contributed by atoms with Gasteiger partial charge < -0.3 is 14.8 Å². The van der Waals surface area contributed by atoms with Crippen molar-refractivity contribution >= 4 is 35.7 Å². The molecule has 0 radical (unpaired) electrons. The zero-order chi connectivity index (χ0) is 26.2. The highest BCUT2D eigenvalue weighted by molar-refractivity contribution is 6.01. The number of aryl methyl sites for hydroxylation is 1. The molecule has 0 bridgehead atoms. The number of pyridine rings is 2. The van der Waals surface area contributed by atoms with Gasteiger partial charge in [-0.15, -0.1) is 0 Å². The molecule has 3 amide bonds. The number of methoxy groups -OCH3 is 1. The molecule has 2 aromatic heterocycles. The zero-order valence-electron chi connectivity index (χ0n) is 20.1. The Bertz CT molecular complexity index is 1300. The molecule has 2 aromatic rings. The normalized spacial score (nSPS) is 14.3. The number of aldehydes is 1. The SMILES string of the molecule is COCCNc1cc(NC(=O)N2CCCc3cc(CN4C=CC=COC4=O)c(C=O)nc32)ncc1C#N. The smallest absolute Gasteiger partial charge is 0.418 e. The fourth-order valence-corrected chi connectivity index (χ4v) is 3.93. The van der Waals surface area contributed by atoms with Gasteiger partial charge in [0.25, 0.3) is 0 Å². The van der Waals surface area contributed by atoms with Gasteiger partial charge in [0.05, 0.1) is 30.7 Å². The number of allylic oxidation sites excluding steroid dienone is 2. The molecule has 4 rings (SSSR count). The Morgan fingerprint density at radius 2 is 2.22 bits per heavy atom. The van der Waals surface area contributed by atoms with Crippen molar-refractivity contribution in [2.24, 2.45) is 0 Å². The molecule has 0 unspecified atom stereocenters. The lowest BCUT2D eigenvalue weighted by Gasteiger charge is -2.29. The molecular weight excluding hydrogens is 478 g/mol. The Kier molecular flexibility index (Phi) is 8.07. The van der Waals surface area contributed by atoms with E-state index >= 15 is 0 Å². The highest BCUT2D eigenvalue weighted by Crippen LogP contribution is 2.29. The first-order chi connectivity index (χ1) is 18.0. The van der Waals surface area contributed by atoms with Crippen LogP contribution in [0.5, 0.6) is 0 Å². The van der Waals surface area contributed by atoms with Gasteiger partial charge in [0.15, 0.2) is 6.29 Å². The van der Waals surface area contributed by atoms with Crippen LogP contribution in [-0.2, 0) is 22.4 Å². The molecule has 2 N–H and O–H groups in total. The van der Waals surface area contributed by atoms with Crippen molar-refractivity contribution in [2.75, 3.05) is 42.3 Å². The van der Waals surface area contributed by atoms with Gasteiger partial charge in [-0.05, 0) is 36.6 Å². The third-order valence-corrected chi connectivity index (χ3v) is 5.71. The van der Waals surface area contributed by atoms with Gasteiger partial charge in [0.2, 0.25) is 0 Å². The van der Waals surface area contributed by atoms with Crippen LogP contribution in [0.25, 0.3) is 0 Å². The van der Waals surface area contributed by atoms with Crippen LogP contribution < -0.4 is 15.5 Å². The van der Waals surface area contributed by atoms with Gasteiger partial charge in [-0.25, -0.2) is 19.6 Å². The number of nitriles is 1. The molecule has 0 fully saturated rings. The van der Waals surface area contributed by atoms with Gasteiger partial charge in [0.1, 0.15) is 23.4 Å². The molecule has 2 aliphatic rings. The summed E-state index contributed by atoms with van der Waals surface area (Å²) in [6.07, 6.45) is 8.82. The van der Waals surface area contributed by atoms with E-state index in [1.165, 1.54) is 22.3 Å². The first-order valence-corrected chi connectivity index (χ1v) is 11.5. The summed E-state index contributed by atoms with van der Waals surface area (Å²) in [5, 5.41) is 15.2. The second-order valence-electron chi connectivity index (χ2n) is 8.15. The number of hydrogen-bond donors (Lipinski definition) is 2. The average molecular weight is 504 g/mol. The second kappa shape index (κ2) is 11.8. The molecule has 0 saturated heterocycles. The summed E-state index contributed by atoms with van der Waals surface area (Å²) in [5.74, 6) is 0.626. The minimum Gasteiger partial charge on any atom is -0.418 e. The Labute approximate surface area is 213 Å². The number of urea groups is 1. The maximum Gasteiger partial charge on any atom is 0.418 e. The van der Waals surface area contributed by atoms with Crippen LogP contribution >= 0.6 is 0 Å². The van der Waals surface area contributed by atoms with Gasteiger partial charge in [-0.1, -0.05) is 0 Å². The predicted octanol–water partition coefficient (Wildman–Crippen LogP) is 3.18. The number of anilines is 3. The molecule has 190 valence electrons. The first kappa shape index (κ1) is 25.3. The molecule has 4 heterocycles. The molecule has 0 saturated carbocycles. The summed E-state index contributed by atoms with van der Waals surface area (Å²) in [5.41, 5.74) is 2.30. The third kappa shape index (κ3) is 5.91. The van der Waals surface area contributed by atoms with E-state index in [9.17, 15) is 19.6 Å². The molecule has 0 aromatic carbocycles. The van der Waals surface area contributed by atoms with Gasteiger partial charge in [-0.3, -0.25) is 19.9 Å². The molecule has 0 spiro atoms. The number of fused-ring (bicyclic) bond motifs is 1. The number of hydrogen-bond acceptors (Lipinski definition) is 9. The maximum absolute atomic E-state index is 13.2. The van der Waals surface area contributed by atoms with Crippen molar-refractivity contribution in [2.45, 2.75) is 19.4 Å². The maximum atomic E-state index is 13.2. The monoisotopic (exact) mass is 503 g/mol. The predicted molar refractivity (Wildman–Crippen MR) is 134 cm³/mol. The summed E-state index contributed by atoms with van der Waals surface area (Å²) in [4.78, 5) is 48.7. The van der Waals surface area contributed by atoms with Crippen LogP contribution in [0, 0.1) is 11.3 Å². The van der Waals surface area contributed by atoms with Crippen molar-refractivity contribution in [1.82, 2.24) is 14.9 Å². The molecule has 12 heteroatoms. The summed E-state index contributed by atoms with van der Waals surface area (Å²) >= 11 is 0. The Morgan fingerprint density at radius 3 is 3.00 bits per heavy atom. The lowest BCUT2D eigenvalue weighted by Crippen LogP contribution is -2.40. The molecule has 37 heavy (non-hydrogen) atoms. The van der Waals surface area contributed by atoms with Gasteiger partial charge in [0, 0.05) is 44.2 Å². The second-order valence-corrected chi connectivity index (χ2v) is 8.15. The first-order valence-electron chi connectivity index (χ1n) is 11.5.